The molecule has 0 saturated carbocycles. The van der Waals surface area contributed by atoms with Crippen LogP contribution in [0.4, 0.5) is 0 Å². The van der Waals surface area contributed by atoms with Crippen molar-refractivity contribution < 1.29 is 14.2 Å². The van der Waals surface area contributed by atoms with Crippen LogP contribution in [-0.4, -0.2) is 27.3 Å². The Morgan fingerprint density at radius 2 is 1.64 bits per heavy atom. The molecule has 64 valence electrons. The zero-order valence-electron chi connectivity index (χ0n) is 7.09. The van der Waals surface area contributed by atoms with Crippen LogP contribution in [-0.2, 0) is 14.2 Å². The highest BCUT2D eigenvalue weighted by Crippen LogP contribution is 2.18. The summed E-state index contributed by atoms with van der Waals surface area (Å²) in [6.45, 7) is 0. The number of hydrogen-bond acceptors (Lipinski definition) is 4. The maximum atomic E-state index is 8.30. The maximum Gasteiger partial charge on any atom is 0.283 e. The molecule has 0 rings (SSSR count). The lowest BCUT2D eigenvalue weighted by atomic mass is 10.3. The molecule has 0 bridgehead atoms. The van der Waals surface area contributed by atoms with Gasteiger partial charge in [0.1, 0.15) is 0 Å². The summed E-state index contributed by atoms with van der Waals surface area (Å²) in [6.07, 6.45) is 0.753. The number of methoxy groups -OCH3 is 3. The normalized spacial score (nSPS) is 11.1. The second-order valence-corrected chi connectivity index (χ2v) is 1.95. The molecule has 0 aromatic heterocycles. The Morgan fingerprint density at radius 3 is 1.91 bits per heavy atom. The molecular weight excluding hydrogens is 146 g/mol. The van der Waals surface area contributed by atoms with Crippen molar-refractivity contribution in [1.29, 1.82) is 5.26 Å². The number of ether oxygens (including phenoxy) is 3. The Bertz CT molecular complexity index is 129. The predicted molar refractivity (Wildman–Crippen MR) is 38.6 cm³/mol. The van der Waals surface area contributed by atoms with Gasteiger partial charge in [0.2, 0.25) is 0 Å². The summed E-state index contributed by atoms with van der Waals surface area (Å²) >= 11 is 0. The summed E-state index contributed by atoms with van der Waals surface area (Å²) < 4.78 is 14.8. The molecule has 0 unspecified atom stereocenters. The predicted octanol–water partition coefficient (Wildman–Crippen LogP) is 0.883. The van der Waals surface area contributed by atoms with Gasteiger partial charge in [0, 0.05) is 34.2 Å². The molecule has 0 atom stereocenters. The summed E-state index contributed by atoms with van der Waals surface area (Å²) in [5.74, 6) is -1.05. The van der Waals surface area contributed by atoms with Gasteiger partial charge < -0.3 is 14.2 Å². The minimum atomic E-state index is -1.05. The Morgan fingerprint density at radius 1 is 1.18 bits per heavy atom. The second-order valence-electron chi connectivity index (χ2n) is 1.95. The lowest BCUT2D eigenvalue weighted by Crippen LogP contribution is -2.35. The number of hydrogen-bond donors (Lipinski definition) is 0. The minimum Gasteiger partial charge on any atom is -0.331 e. The number of rotatable bonds is 5. The first-order valence-electron chi connectivity index (χ1n) is 3.27. The Labute approximate surface area is 66.7 Å². The molecule has 4 heteroatoms. The van der Waals surface area contributed by atoms with Crippen LogP contribution in [0.5, 0.6) is 0 Å². The monoisotopic (exact) mass is 159 g/mol. The summed E-state index contributed by atoms with van der Waals surface area (Å²) in [5, 5.41) is 8.30. The second kappa shape index (κ2) is 5.08. The summed E-state index contributed by atoms with van der Waals surface area (Å²) in [6, 6.07) is 1.99. The first kappa shape index (κ1) is 10.4. The Kier molecular flexibility index (Phi) is 4.79. The van der Waals surface area contributed by atoms with E-state index in [-0.39, 0.29) is 0 Å². The molecule has 11 heavy (non-hydrogen) atoms. The molecule has 0 amide bonds. The topological polar surface area (TPSA) is 51.5 Å². The van der Waals surface area contributed by atoms with E-state index in [1.165, 1.54) is 21.3 Å². The lowest BCUT2D eigenvalue weighted by molar-refractivity contribution is -0.354. The first-order valence-corrected chi connectivity index (χ1v) is 3.27. The van der Waals surface area contributed by atoms with E-state index in [2.05, 4.69) is 0 Å². The van der Waals surface area contributed by atoms with Crippen molar-refractivity contribution in [2.75, 3.05) is 21.3 Å². The highest BCUT2D eigenvalue weighted by Gasteiger charge is 2.28. The smallest absolute Gasteiger partial charge is 0.283 e. The standard InChI is InChI=1S/C7H13NO3/c1-9-7(10-2,11-3)5-4-6-8/h4-5H2,1-3H3. The molecule has 0 aliphatic rings. The number of nitriles is 1. The van der Waals surface area contributed by atoms with E-state index in [0.29, 0.717) is 12.8 Å². The van der Waals surface area contributed by atoms with Crippen LogP contribution in [0.1, 0.15) is 12.8 Å². The molecule has 0 radical (unpaired) electrons. The highest BCUT2D eigenvalue weighted by atomic mass is 16.9. The maximum absolute atomic E-state index is 8.30. The summed E-state index contributed by atoms with van der Waals surface area (Å²) in [5.41, 5.74) is 0. The van der Waals surface area contributed by atoms with Gasteiger partial charge in [-0.25, -0.2) is 0 Å². The van der Waals surface area contributed by atoms with E-state index < -0.39 is 5.97 Å². The van der Waals surface area contributed by atoms with Crippen molar-refractivity contribution in [2.45, 2.75) is 18.8 Å². The number of nitrogens with zero attached hydrogens (tertiary/aromatic N) is 1. The van der Waals surface area contributed by atoms with E-state index in [1.54, 1.807) is 0 Å². The van der Waals surface area contributed by atoms with Crippen LogP contribution in [0.3, 0.4) is 0 Å². The average molecular weight is 159 g/mol. The van der Waals surface area contributed by atoms with Gasteiger partial charge in [0.25, 0.3) is 5.97 Å². The van der Waals surface area contributed by atoms with Crippen molar-refractivity contribution in [3.63, 3.8) is 0 Å². The van der Waals surface area contributed by atoms with Crippen LogP contribution >= 0.6 is 0 Å². The van der Waals surface area contributed by atoms with Gasteiger partial charge in [-0.2, -0.15) is 5.26 Å². The molecule has 0 spiro atoms. The molecule has 0 N–H and O–H groups in total. The fourth-order valence-corrected chi connectivity index (χ4v) is 0.765. The third kappa shape index (κ3) is 2.85. The third-order valence-electron chi connectivity index (χ3n) is 1.48. The highest BCUT2D eigenvalue weighted by molar-refractivity contribution is 4.72. The molecule has 0 heterocycles. The van der Waals surface area contributed by atoms with Crippen molar-refractivity contribution in [3.8, 4) is 6.07 Å². The lowest BCUT2D eigenvalue weighted by Gasteiger charge is -2.27. The molecule has 0 fully saturated rings. The zero-order chi connectivity index (χ0) is 8.74. The Balaban J connectivity index is 3.96. The van der Waals surface area contributed by atoms with Gasteiger partial charge in [0.05, 0.1) is 6.07 Å². The minimum absolute atomic E-state index is 0.343. The SMILES string of the molecule is COC(CCC#N)(OC)OC. The quantitative estimate of drug-likeness (QED) is 0.559. The molecule has 0 saturated heterocycles. The average Bonchev–Trinajstić information content (AvgIpc) is 2.08. The largest absolute Gasteiger partial charge is 0.331 e. The molecule has 4 nitrogen and oxygen atoms in total. The van der Waals surface area contributed by atoms with Crippen LogP contribution in [0.15, 0.2) is 0 Å². The van der Waals surface area contributed by atoms with Gasteiger partial charge in [-0.1, -0.05) is 0 Å². The van der Waals surface area contributed by atoms with Crippen LogP contribution in [0, 0.1) is 11.3 Å². The van der Waals surface area contributed by atoms with Gasteiger partial charge >= 0.3 is 0 Å². The fourth-order valence-electron chi connectivity index (χ4n) is 0.765. The fraction of sp³-hybridized carbons (Fsp3) is 0.857. The van der Waals surface area contributed by atoms with Crippen LogP contribution in [0.25, 0.3) is 0 Å². The first-order chi connectivity index (χ1) is 5.24. The summed E-state index contributed by atoms with van der Waals surface area (Å²) in [7, 11) is 4.43. The van der Waals surface area contributed by atoms with E-state index in [9.17, 15) is 0 Å². The van der Waals surface area contributed by atoms with Crippen molar-refractivity contribution in [3.05, 3.63) is 0 Å². The van der Waals surface area contributed by atoms with Crippen LogP contribution in [0.2, 0.25) is 0 Å². The molecule has 0 aliphatic carbocycles. The van der Waals surface area contributed by atoms with Gasteiger partial charge in [-0.05, 0) is 0 Å². The Hall–Kier alpha value is -0.630. The van der Waals surface area contributed by atoms with Gasteiger partial charge in [-0.15, -0.1) is 0 Å². The van der Waals surface area contributed by atoms with Crippen molar-refractivity contribution in [2.24, 2.45) is 0 Å². The third-order valence-corrected chi connectivity index (χ3v) is 1.48. The van der Waals surface area contributed by atoms with E-state index >= 15 is 0 Å². The molecule has 0 aromatic rings. The van der Waals surface area contributed by atoms with E-state index in [4.69, 9.17) is 19.5 Å². The van der Waals surface area contributed by atoms with Gasteiger partial charge in [0.15, 0.2) is 0 Å². The summed E-state index contributed by atoms with van der Waals surface area (Å²) in [4.78, 5) is 0. The van der Waals surface area contributed by atoms with E-state index in [0.717, 1.165) is 0 Å². The van der Waals surface area contributed by atoms with Crippen molar-refractivity contribution >= 4 is 0 Å². The van der Waals surface area contributed by atoms with Gasteiger partial charge in [-0.3, -0.25) is 0 Å². The van der Waals surface area contributed by atoms with Crippen molar-refractivity contribution in [1.82, 2.24) is 0 Å². The molecule has 0 aromatic carbocycles. The molecule has 0 aliphatic heterocycles. The zero-order valence-corrected chi connectivity index (χ0v) is 7.09. The van der Waals surface area contributed by atoms with Crippen LogP contribution < -0.4 is 0 Å². The molecular formula is C7H13NO3. The van der Waals surface area contributed by atoms with E-state index in [1.807, 2.05) is 6.07 Å².